The van der Waals surface area contributed by atoms with Gasteiger partial charge in [-0.15, -0.1) is 0 Å². The summed E-state index contributed by atoms with van der Waals surface area (Å²) in [6.45, 7) is 10.0. The molecular formula is C11H23NO3. The van der Waals surface area contributed by atoms with E-state index in [0.29, 0.717) is 6.54 Å². The second kappa shape index (κ2) is 5.35. The fourth-order valence-electron chi connectivity index (χ4n) is 0.882. The number of rotatable bonds is 4. The standard InChI is InChI=1S/C11H23NO3/c1-10(2,3)15-9(13)12-8-7-11(4,5)14-6/h7-8H2,1-6H3,(H,12,13). The highest BCUT2D eigenvalue weighted by Gasteiger charge is 2.18. The van der Waals surface area contributed by atoms with Crippen LogP contribution in [0.4, 0.5) is 4.79 Å². The summed E-state index contributed by atoms with van der Waals surface area (Å²) in [4.78, 5) is 11.3. The van der Waals surface area contributed by atoms with Gasteiger partial charge < -0.3 is 14.8 Å². The summed E-state index contributed by atoms with van der Waals surface area (Å²) in [6.07, 6.45) is 0.373. The Morgan fingerprint density at radius 1 is 1.20 bits per heavy atom. The van der Waals surface area contributed by atoms with Gasteiger partial charge >= 0.3 is 6.09 Å². The average Bonchev–Trinajstić information content (AvgIpc) is 2.00. The molecule has 0 unspecified atom stereocenters. The van der Waals surface area contributed by atoms with E-state index in [1.807, 2.05) is 34.6 Å². The maximum absolute atomic E-state index is 11.3. The van der Waals surface area contributed by atoms with Crippen LogP contribution < -0.4 is 5.32 Å². The fraction of sp³-hybridized carbons (Fsp3) is 0.909. The third kappa shape index (κ3) is 8.24. The van der Waals surface area contributed by atoms with Crippen molar-refractivity contribution in [2.24, 2.45) is 0 Å². The number of carbonyl (C=O) groups excluding carboxylic acids is 1. The van der Waals surface area contributed by atoms with Crippen LogP contribution in [-0.2, 0) is 9.47 Å². The Labute approximate surface area is 92.3 Å². The van der Waals surface area contributed by atoms with Gasteiger partial charge in [0.05, 0.1) is 5.60 Å². The van der Waals surface area contributed by atoms with Gasteiger partial charge in [-0.25, -0.2) is 4.79 Å². The smallest absolute Gasteiger partial charge is 0.407 e. The molecule has 90 valence electrons. The van der Waals surface area contributed by atoms with Gasteiger partial charge in [0.1, 0.15) is 5.60 Å². The largest absolute Gasteiger partial charge is 0.444 e. The average molecular weight is 217 g/mol. The first-order valence-corrected chi connectivity index (χ1v) is 5.18. The Balaban J connectivity index is 3.74. The predicted octanol–water partition coefficient (Wildman–Crippen LogP) is 2.33. The van der Waals surface area contributed by atoms with Crippen molar-refractivity contribution in [2.45, 2.75) is 52.2 Å². The van der Waals surface area contributed by atoms with E-state index in [-0.39, 0.29) is 11.7 Å². The summed E-state index contributed by atoms with van der Waals surface area (Å²) in [7, 11) is 1.66. The van der Waals surface area contributed by atoms with Crippen LogP contribution in [0.5, 0.6) is 0 Å². The first-order chi connectivity index (χ1) is 6.66. The van der Waals surface area contributed by atoms with Crippen LogP contribution in [0.1, 0.15) is 41.0 Å². The number of ether oxygens (including phenoxy) is 2. The number of hydrogen-bond acceptors (Lipinski definition) is 3. The molecule has 0 fully saturated rings. The van der Waals surface area contributed by atoms with Crippen LogP contribution in [0.3, 0.4) is 0 Å². The molecule has 0 bridgehead atoms. The van der Waals surface area contributed by atoms with Gasteiger partial charge in [0, 0.05) is 13.7 Å². The molecule has 0 aliphatic carbocycles. The Morgan fingerprint density at radius 3 is 2.13 bits per heavy atom. The van der Waals surface area contributed by atoms with E-state index in [9.17, 15) is 4.79 Å². The van der Waals surface area contributed by atoms with Crippen molar-refractivity contribution in [1.82, 2.24) is 5.32 Å². The molecule has 0 heterocycles. The van der Waals surface area contributed by atoms with E-state index in [0.717, 1.165) is 6.42 Å². The number of carbonyl (C=O) groups is 1. The lowest BCUT2D eigenvalue weighted by Crippen LogP contribution is -2.36. The predicted molar refractivity (Wildman–Crippen MR) is 59.9 cm³/mol. The number of alkyl carbamates (subject to hydrolysis) is 1. The third-order valence-electron chi connectivity index (χ3n) is 1.95. The topological polar surface area (TPSA) is 47.6 Å². The lowest BCUT2D eigenvalue weighted by Gasteiger charge is -2.24. The zero-order valence-corrected chi connectivity index (χ0v) is 10.6. The second-order valence-electron chi connectivity index (χ2n) is 5.14. The van der Waals surface area contributed by atoms with Gasteiger partial charge in [0.2, 0.25) is 0 Å². The Morgan fingerprint density at radius 2 is 1.73 bits per heavy atom. The molecule has 0 saturated heterocycles. The first-order valence-electron chi connectivity index (χ1n) is 5.18. The molecule has 0 aromatic carbocycles. The molecule has 1 amide bonds. The van der Waals surface area contributed by atoms with Crippen LogP contribution in [0, 0.1) is 0 Å². The fourth-order valence-corrected chi connectivity index (χ4v) is 0.882. The minimum atomic E-state index is -0.444. The van der Waals surface area contributed by atoms with Crippen molar-refractivity contribution in [1.29, 1.82) is 0 Å². The molecule has 0 atom stereocenters. The summed E-state index contributed by atoms with van der Waals surface area (Å²) in [5.74, 6) is 0. The third-order valence-corrected chi connectivity index (χ3v) is 1.95. The van der Waals surface area contributed by atoms with Crippen LogP contribution in [0.25, 0.3) is 0 Å². The van der Waals surface area contributed by atoms with Gasteiger partial charge in [0.25, 0.3) is 0 Å². The molecule has 0 rings (SSSR count). The molecule has 15 heavy (non-hydrogen) atoms. The van der Waals surface area contributed by atoms with Gasteiger partial charge in [-0.3, -0.25) is 0 Å². The second-order valence-corrected chi connectivity index (χ2v) is 5.14. The molecule has 0 aliphatic rings. The molecule has 0 aromatic heterocycles. The zero-order valence-electron chi connectivity index (χ0n) is 10.6. The maximum Gasteiger partial charge on any atom is 0.407 e. The van der Waals surface area contributed by atoms with Crippen LogP contribution in [0.15, 0.2) is 0 Å². The number of methoxy groups -OCH3 is 1. The SMILES string of the molecule is COC(C)(C)CCNC(=O)OC(C)(C)C. The monoisotopic (exact) mass is 217 g/mol. The van der Waals surface area contributed by atoms with E-state index in [4.69, 9.17) is 9.47 Å². The minimum absolute atomic E-state index is 0.213. The molecular weight excluding hydrogens is 194 g/mol. The molecule has 4 nitrogen and oxygen atoms in total. The van der Waals surface area contributed by atoms with Gasteiger partial charge in [-0.1, -0.05) is 0 Å². The molecule has 0 radical (unpaired) electrons. The summed E-state index contributed by atoms with van der Waals surface area (Å²) in [5, 5.41) is 2.69. The Bertz CT molecular complexity index is 206. The van der Waals surface area contributed by atoms with Gasteiger partial charge in [-0.2, -0.15) is 0 Å². The van der Waals surface area contributed by atoms with Crippen molar-refractivity contribution >= 4 is 6.09 Å². The van der Waals surface area contributed by atoms with E-state index in [1.54, 1.807) is 7.11 Å². The molecule has 0 aromatic rings. The highest BCUT2D eigenvalue weighted by atomic mass is 16.6. The summed E-state index contributed by atoms with van der Waals surface area (Å²) >= 11 is 0. The molecule has 0 saturated carbocycles. The molecule has 0 aliphatic heterocycles. The summed E-state index contributed by atoms with van der Waals surface area (Å²) in [6, 6.07) is 0. The lowest BCUT2D eigenvalue weighted by atomic mass is 10.1. The van der Waals surface area contributed by atoms with E-state index >= 15 is 0 Å². The minimum Gasteiger partial charge on any atom is -0.444 e. The van der Waals surface area contributed by atoms with Crippen molar-refractivity contribution in [2.75, 3.05) is 13.7 Å². The lowest BCUT2D eigenvalue weighted by molar-refractivity contribution is 0.0140. The Hall–Kier alpha value is -0.770. The van der Waals surface area contributed by atoms with Crippen molar-refractivity contribution in [3.8, 4) is 0 Å². The summed E-state index contributed by atoms with van der Waals surface area (Å²) < 4.78 is 10.3. The van der Waals surface area contributed by atoms with Crippen molar-refractivity contribution in [3.05, 3.63) is 0 Å². The van der Waals surface area contributed by atoms with Crippen molar-refractivity contribution in [3.63, 3.8) is 0 Å². The molecule has 0 spiro atoms. The maximum atomic E-state index is 11.3. The number of nitrogens with one attached hydrogen (secondary N) is 1. The quantitative estimate of drug-likeness (QED) is 0.786. The Kier molecular flexibility index (Phi) is 5.08. The zero-order chi connectivity index (χ0) is 12.1. The normalized spacial score (nSPS) is 12.4. The van der Waals surface area contributed by atoms with Gasteiger partial charge in [-0.05, 0) is 41.0 Å². The van der Waals surface area contributed by atoms with E-state index < -0.39 is 5.60 Å². The highest BCUT2D eigenvalue weighted by Crippen LogP contribution is 2.11. The van der Waals surface area contributed by atoms with Crippen molar-refractivity contribution < 1.29 is 14.3 Å². The number of amides is 1. The van der Waals surface area contributed by atoms with Crippen LogP contribution in [0.2, 0.25) is 0 Å². The van der Waals surface area contributed by atoms with Crippen LogP contribution in [-0.4, -0.2) is 30.9 Å². The summed E-state index contributed by atoms with van der Waals surface area (Å²) in [5.41, 5.74) is -0.657. The molecule has 4 heteroatoms. The van der Waals surface area contributed by atoms with Gasteiger partial charge in [0.15, 0.2) is 0 Å². The van der Waals surface area contributed by atoms with E-state index in [2.05, 4.69) is 5.32 Å². The van der Waals surface area contributed by atoms with Crippen LogP contribution >= 0.6 is 0 Å². The highest BCUT2D eigenvalue weighted by molar-refractivity contribution is 5.67. The number of hydrogen-bond donors (Lipinski definition) is 1. The van der Waals surface area contributed by atoms with E-state index in [1.165, 1.54) is 0 Å². The first kappa shape index (κ1) is 14.2. The molecule has 1 N–H and O–H groups in total.